The second-order valence-corrected chi connectivity index (χ2v) is 4.50. The Bertz CT molecular complexity index is 579. The highest BCUT2D eigenvalue weighted by Crippen LogP contribution is 2.16. The summed E-state index contributed by atoms with van der Waals surface area (Å²) in [4.78, 5) is 14.9. The summed E-state index contributed by atoms with van der Waals surface area (Å²) in [6.45, 7) is 2.34. The van der Waals surface area contributed by atoms with Crippen LogP contribution in [0.1, 0.15) is 35.0 Å². The van der Waals surface area contributed by atoms with E-state index in [1.165, 1.54) is 11.8 Å². The summed E-state index contributed by atoms with van der Waals surface area (Å²) < 4.78 is 5.61. The molecule has 0 radical (unpaired) electrons. The van der Waals surface area contributed by atoms with Gasteiger partial charge < -0.3 is 9.84 Å². The van der Waals surface area contributed by atoms with Crippen LogP contribution < -0.4 is 4.74 Å². The molecule has 0 unspecified atom stereocenters. The molecular formula is C16H17NO3. The predicted molar refractivity (Wildman–Crippen MR) is 76.0 cm³/mol. The Kier molecular flexibility index (Phi) is 4.71. The van der Waals surface area contributed by atoms with Crippen LogP contribution in [0.4, 0.5) is 0 Å². The molecule has 0 aliphatic rings. The first-order chi connectivity index (χ1) is 9.70. The Hall–Kier alpha value is -2.36. The monoisotopic (exact) mass is 271 g/mol. The lowest BCUT2D eigenvalue weighted by Gasteiger charge is -2.08. The number of hydrogen-bond donors (Lipinski definition) is 1. The SMILES string of the molecule is CCCc1ccc(OCc2cccnc2C(=O)O)cc1. The largest absolute Gasteiger partial charge is 0.489 e. The van der Waals surface area contributed by atoms with E-state index in [9.17, 15) is 4.79 Å². The molecule has 0 amide bonds. The molecule has 4 nitrogen and oxygen atoms in total. The second-order valence-electron chi connectivity index (χ2n) is 4.50. The highest BCUT2D eigenvalue weighted by Gasteiger charge is 2.11. The van der Waals surface area contributed by atoms with Crippen LogP contribution in [0, 0.1) is 0 Å². The predicted octanol–water partition coefficient (Wildman–Crippen LogP) is 3.31. The van der Waals surface area contributed by atoms with Gasteiger partial charge in [-0.2, -0.15) is 0 Å². The van der Waals surface area contributed by atoms with E-state index in [4.69, 9.17) is 9.84 Å². The lowest BCUT2D eigenvalue weighted by atomic mass is 10.1. The van der Waals surface area contributed by atoms with Crippen molar-refractivity contribution in [3.8, 4) is 5.75 Å². The lowest BCUT2D eigenvalue weighted by Crippen LogP contribution is -2.07. The molecule has 1 aromatic heterocycles. The minimum atomic E-state index is -1.04. The first kappa shape index (κ1) is 14.1. The molecule has 2 rings (SSSR count). The third-order valence-electron chi connectivity index (χ3n) is 2.95. The first-order valence-electron chi connectivity index (χ1n) is 6.59. The normalized spacial score (nSPS) is 10.2. The number of nitrogens with zero attached hydrogens (tertiary/aromatic N) is 1. The van der Waals surface area contributed by atoms with Crippen LogP contribution in [-0.2, 0) is 13.0 Å². The molecule has 4 heteroatoms. The van der Waals surface area contributed by atoms with Gasteiger partial charge in [-0.15, -0.1) is 0 Å². The number of aromatic carboxylic acids is 1. The number of carboxylic acids is 1. The van der Waals surface area contributed by atoms with Crippen molar-refractivity contribution in [2.24, 2.45) is 0 Å². The molecule has 0 bridgehead atoms. The topological polar surface area (TPSA) is 59.4 Å². The molecular weight excluding hydrogens is 254 g/mol. The average Bonchev–Trinajstić information content (AvgIpc) is 2.47. The van der Waals surface area contributed by atoms with E-state index in [-0.39, 0.29) is 12.3 Å². The maximum Gasteiger partial charge on any atom is 0.354 e. The fourth-order valence-corrected chi connectivity index (χ4v) is 1.95. The van der Waals surface area contributed by atoms with E-state index in [1.54, 1.807) is 12.1 Å². The van der Waals surface area contributed by atoms with Crippen LogP contribution >= 0.6 is 0 Å². The molecule has 1 N–H and O–H groups in total. The second kappa shape index (κ2) is 6.70. The van der Waals surface area contributed by atoms with Gasteiger partial charge in [-0.25, -0.2) is 9.78 Å². The number of hydrogen-bond acceptors (Lipinski definition) is 3. The zero-order chi connectivity index (χ0) is 14.4. The van der Waals surface area contributed by atoms with E-state index in [0.29, 0.717) is 5.56 Å². The molecule has 1 heterocycles. The fraction of sp³-hybridized carbons (Fsp3) is 0.250. The van der Waals surface area contributed by atoms with Crippen molar-refractivity contribution >= 4 is 5.97 Å². The summed E-state index contributed by atoms with van der Waals surface area (Å²) in [7, 11) is 0. The van der Waals surface area contributed by atoms with Gasteiger partial charge in [0.25, 0.3) is 0 Å². The van der Waals surface area contributed by atoms with Crippen LogP contribution in [0.5, 0.6) is 5.75 Å². The Morgan fingerprint density at radius 2 is 2.00 bits per heavy atom. The van der Waals surface area contributed by atoms with Gasteiger partial charge in [-0.1, -0.05) is 31.5 Å². The van der Waals surface area contributed by atoms with E-state index in [1.807, 2.05) is 24.3 Å². The summed E-state index contributed by atoms with van der Waals surface area (Å²) in [6, 6.07) is 11.3. The van der Waals surface area contributed by atoms with Gasteiger partial charge in [0.1, 0.15) is 12.4 Å². The van der Waals surface area contributed by atoms with Crippen LogP contribution in [-0.4, -0.2) is 16.1 Å². The number of rotatable bonds is 6. The van der Waals surface area contributed by atoms with Crippen LogP contribution in [0.15, 0.2) is 42.6 Å². The van der Waals surface area contributed by atoms with Gasteiger partial charge in [0.05, 0.1) is 0 Å². The van der Waals surface area contributed by atoms with Crippen molar-refractivity contribution in [2.45, 2.75) is 26.4 Å². The van der Waals surface area contributed by atoms with Gasteiger partial charge in [0.15, 0.2) is 5.69 Å². The molecule has 0 aliphatic carbocycles. The first-order valence-corrected chi connectivity index (χ1v) is 6.59. The third kappa shape index (κ3) is 3.57. The molecule has 0 saturated heterocycles. The van der Waals surface area contributed by atoms with Gasteiger partial charge in [0, 0.05) is 11.8 Å². The molecule has 2 aromatic rings. The summed E-state index contributed by atoms with van der Waals surface area (Å²) in [5.74, 6) is -0.312. The quantitative estimate of drug-likeness (QED) is 0.875. The average molecular weight is 271 g/mol. The number of benzene rings is 1. The summed E-state index contributed by atoms with van der Waals surface area (Å²) in [5, 5.41) is 9.04. The fourth-order valence-electron chi connectivity index (χ4n) is 1.95. The van der Waals surface area contributed by atoms with Crippen molar-refractivity contribution in [1.82, 2.24) is 4.98 Å². The van der Waals surface area contributed by atoms with Crippen LogP contribution in [0.3, 0.4) is 0 Å². The number of carboxylic acid groups (broad SMARTS) is 1. The van der Waals surface area contributed by atoms with Gasteiger partial charge >= 0.3 is 5.97 Å². The Morgan fingerprint density at radius 3 is 2.65 bits per heavy atom. The van der Waals surface area contributed by atoms with Gasteiger partial charge in [-0.3, -0.25) is 0 Å². The third-order valence-corrected chi connectivity index (χ3v) is 2.95. The maximum atomic E-state index is 11.0. The molecule has 0 atom stereocenters. The van der Waals surface area contributed by atoms with Crippen molar-refractivity contribution in [3.05, 3.63) is 59.4 Å². The minimum Gasteiger partial charge on any atom is -0.489 e. The minimum absolute atomic E-state index is 0.0371. The lowest BCUT2D eigenvalue weighted by molar-refractivity contribution is 0.0687. The van der Waals surface area contributed by atoms with Crippen LogP contribution in [0.25, 0.3) is 0 Å². The molecule has 20 heavy (non-hydrogen) atoms. The standard InChI is InChI=1S/C16H17NO3/c1-2-4-12-6-8-14(9-7-12)20-11-13-5-3-10-17-15(13)16(18)19/h3,5-10H,2,4,11H2,1H3,(H,18,19). The Morgan fingerprint density at radius 1 is 1.25 bits per heavy atom. The molecule has 0 spiro atoms. The summed E-state index contributed by atoms with van der Waals surface area (Å²) >= 11 is 0. The molecule has 104 valence electrons. The maximum absolute atomic E-state index is 11.0. The molecule has 0 saturated carbocycles. The van der Waals surface area contributed by atoms with Gasteiger partial charge in [0.2, 0.25) is 0 Å². The molecule has 0 fully saturated rings. The van der Waals surface area contributed by atoms with Crippen molar-refractivity contribution in [3.63, 3.8) is 0 Å². The Balaban J connectivity index is 2.03. The van der Waals surface area contributed by atoms with Crippen LogP contribution in [0.2, 0.25) is 0 Å². The highest BCUT2D eigenvalue weighted by atomic mass is 16.5. The number of aromatic nitrogens is 1. The van der Waals surface area contributed by atoms with E-state index >= 15 is 0 Å². The Labute approximate surface area is 118 Å². The molecule has 0 aliphatic heterocycles. The zero-order valence-corrected chi connectivity index (χ0v) is 11.4. The number of aryl methyl sites for hydroxylation is 1. The zero-order valence-electron chi connectivity index (χ0n) is 11.4. The smallest absolute Gasteiger partial charge is 0.354 e. The van der Waals surface area contributed by atoms with E-state index < -0.39 is 5.97 Å². The highest BCUT2D eigenvalue weighted by molar-refractivity contribution is 5.86. The van der Waals surface area contributed by atoms with Gasteiger partial charge in [-0.05, 0) is 30.2 Å². The van der Waals surface area contributed by atoms with E-state index in [2.05, 4.69) is 11.9 Å². The summed E-state index contributed by atoms with van der Waals surface area (Å²) in [6.07, 6.45) is 3.62. The van der Waals surface area contributed by atoms with Crippen molar-refractivity contribution in [1.29, 1.82) is 0 Å². The molecule has 1 aromatic carbocycles. The number of pyridine rings is 1. The number of ether oxygens (including phenoxy) is 1. The van der Waals surface area contributed by atoms with E-state index in [0.717, 1.165) is 18.6 Å². The van der Waals surface area contributed by atoms with Crippen molar-refractivity contribution in [2.75, 3.05) is 0 Å². The number of carbonyl (C=O) groups is 1. The van der Waals surface area contributed by atoms with Crippen molar-refractivity contribution < 1.29 is 14.6 Å². The summed E-state index contributed by atoms with van der Waals surface area (Å²) in [5.41, 5.74) is 1.88.